The van der Waals surface area contributed by atoms with E-state index < -0.39 is 0 Å². The van der Waals surface area contributed by atoms with Crippen LogP contribution in [0.15, 0.2) is 46.9 Å². The van der Waals surface area contributed by atoms with Gasteiger partial charge in [-0.15, -0.1) is 0 Å². The average molecular weight is 330 g/mol. The summed E-state index contributed by atoms with van der Waals surface area (Å²) in [5.41, 5.74) is 3.40. The fraction of sp³-hybridized carbons (Fsp3) is 0.0625. The average Bonchev–Trinajstić information content (AvgIpc) is 2.76. The van der Waals surface area contributed by atoms with Crippen molar-refractivity contribution >= 4 is 39.2 Å². The predicted octanol–water partition coefficient (Wildman–Crippen LogP) is 3.95. The highest BCUT2D eigenvalue weighted by Gasteiger charge is 2.23. The van der Waals surface area contributed by atoms with Crippen molar-refractivity contribution in [3.8, 4) is 5.75 Å². The summed E-state index contributed by atoms with van der Waals surface area (Å²) in [6.45, 7) is 0. The first-order chi connectivity index (χ1) is 9.67. The van der Waals surface area contributed by atoms with Gasteiger partial charge in [0.15, 0.2) is 0 Å². The summed E-state index contributed by atoms with van der Waals surface area (Å²) in [5, 5.41) is 2.86. The van der Waals surface area contributed by atoms with Gasteiger partial charge in [-0.3, -0.25) is 4.79 Å². The van der Waals surface area contributed by atoms with Crippen molar-refractivity contribution in [2.75, 3.05) is 12.4 Å². The molecule has 1 heterocycles. The fourth-order valence-corrected chi connectivity index (χ4v) is 2.53. The van der Waals surface area contributed by atoms with E-state index in [2.05, 4.69) is 21.2 Å². The van der Waals surface area contributed by atoms with Gasteiger partial charge < -0.3 is 10.1 Å². The molecule has 0 fully saturated rings. The lowest BCUT2D eigenvalue weighted by atomic mass is 10.0. The Bertz CT molecular complexity index is 705. The highest BCUT2D eigenvalue weighted by atomic mass is 79.9. The van der Waals surface area contributed by atoms with E-state index >= 15 is 0 Å². The van der Waals surface area contributed by atoms with Crippen molar-refractivity contribution in [2.45, 2.75) is 0 Å². The van der Waals surface area contributed by atoms with E-state index in [1.54, 1.807) is 7.11 Å². The molecule has 0 saturated carbocycles. The quantitative estimate of drug-likeness (QED) is 0.847. The van der Waals surface area contributed by atoms with E-state index in [9.17, 15) is 4.79 Å². The van der Waals surface area contributed by atoms with Crippen LogP contribution in [0.1, 0.15) is 11.1 Å². The molecule has 0 atom stereocenters. The van der Waals surface area contributed by atoms with Crippen molar-refractivity contribution < 1.29 is 9.53 Å². The molecular weight excluding hydrogens is 318 g/mol. The van der Waals surface area contributed by atoms with Crippen LogP contribution in [-0.4, -0.2) is 13.0 Å². The van der Waals surface area contributed by atoms with Crippen LogP contribution in [0.4, 0.5) is 5.69 Å². The Hall–Kier alpha value is -2.07. The third kappa shape index (κ3) is 2.34. The van der Waals surface area contributed by atoms with Gasteiger partial charge in [0.05, 0.1) is 7.11 Å². The molecule has 1 aliphatic rings. The number of anilines is 1. The van der Waals surface area contributed by atoms with Gasteiger partial charge in [0.1, 0.15) is 5.75 Å². The van der Waals surface area contributed by atoms with Crippen molar-refractivity contribution in [1.82, 2.24) is 0 Å². The molecule has 0 spiro atoms. The second kappa shape index (κ2) is 5.13. The van der Waals surface area contributed by atoms with Crippen molar-refractivity contribution in [2.24, 2.45) is 0 Å². The van der Waals surface area contributed by atoms with E-state index in [4.69, 9.17) is 4.74 Å². The number of carbonyl (C=O) groups excluding carboxylic acids is 1. The zero-order chi connectivity index (χ0) is 14.1. The van der Waals surface area contributed by atoms with E-state index in [1.165, 1.54) is 0 Å². The lowest BCUT2D eigenvalue weighted by Gasteiger charge is -2.01. The minimum atomic E-state index is -0.0751. The molecule has 3 rings (SSSR count). The van der Waals surface area contributed by atoms with Gasteiger partial charge in [-0.25, -0.2) is 0 Å². The Morgan fingerprint density at radius 3 is 2.60 bits per heavy atom. The summed E-state index contributed by atoms with van der Waals surface area (Å²) < 4.78 is 6.08. The second-order valence-corrected chi connectivity index (χ2v) is 5.39. The molecule has 20 heavy (non-hydrogen) atoms. The molecule has 100 valence electrons. The molecule has 0 radical (unpaired) electrons. The number of halogens is 1. The number of fused-ring (bicyclic) bond motifs is 1. The molecule has 0 aliphatic carbocycles. The van der Waals surface area contributed by atoms with Crippen LogP contribution >= 0.6 is 15.9 Å². The minimum absolute atomic E-state index is 0.0751. The monoisotopic (exact) mass is 329 g/mol. The summed E-state index contributed by atoms with van der Waals surface area (Å²) in [5.74, 6) is 0.722. The van der Waals surface area contributed by atoms with Crippen LogP contribution in [0.25, 0.3) is 11.6 Å². The summed E-state index contributed by atoms with van der Waals surface area (Å²) in [6.07, 6.45) is 1.88. The summed E-state index contributed by atoms with van der Waals surface area (Å²) in [6, 6.07) is 13.4. The van der Waals surface area contributed by atoms with Gasteiger partial charge in [0, 0.05) is 21.3 Å². The van der Waals surface area contributed by atoms with Crippen LogP contribution in [-0.2, 0) is 4.79 Å². The number of methoxy groups -OCH3 is 1. The predicted molar refractivity (Wildman–Crippen MR) is 83.6 cm³/mol. The molecule has 0 aromatic heterocycles. The molecule has 3 nitrogen and oxygen atoms in total. The third-order valence-electron chi connectivity index (χ3n) is 3.19. The highest BCUT2D eigenvalue weighted by Crippen LogP contribution is 2.35. The zero-order valence-corrected chi connectivity index (χ0v) is 12.4. The number of amides is 1. The normalized spacial score (nSPS) is 15.1. The standard InChI is InChI=1S/C16H12BrNO2/c1-20-12-5-2-10(3-6-12)8-14-13-9-11(17)4-7-15(13)18-16(14)19/h2-9H,1H3,(H,18,19). The Labute approximate surface area is 125 Å². The topological polar surface area (TPSA) is 38.3 Å². The van der Waals surface area contributed by atoms with Crippen LogP contribution in [0.5, 0.6) is 5.75 Å². The molecule has 4 heteroatoms. The number of hydrogen-bond donors (Lipinski definition) is 1. The van der Waals surface area contributed by atoms with Crippen molar-refractivity contribution in [3.05, 3.63) is 58.1 Å². The van der Waals surface area contributed by atoms with Gasteiger partial charge in [0.2, 0.25) is 0 Å². The Balaban J connectivity index is 2.03. The van der Waals surface area contributed by atoms with Crippen LogP contribution < -0.4 is 10.1 Å². The van der Waals surface area contributed by atoms with E-state index in [-0.39, 0.29) is 5.91 Å². The minimum Gasteiger partial charge on any atom is -0.497 e. The lowest BCUT2D eigenvalue weighted by molar-refractivity contribution is -0.110. The van der Waals surface area contributed by atoms with Gasteiger partial charge in [-0.2, -0.15) is 0 Å². The second-order valence-electron chi connectivity index (χ2n) is 4.48. The lowest BCUT2D eigenvalue weighted by Crippen LogP contribution is -2.03. The maximum Gasteiger partial charge on any atom is 0.256 e. The Morgan fingerprint density at radius 1 is 1.15 bits per heavy atom. The smallest absolute Gasteiger partial charge is 0.256 e. The molecular formula is C16H12BrNO2. The number of benzene rings is 2. The molecule has 1 amide bonds. The summed E-state index contributed by atoms with van der Waals surface area (Å²) in [7, 11) is 1.63. The van der Waals surface area contributed by atoms with Crippen LogP contribution in [0, 0.1) is 0 Å². The third-order valence-corrected chi connectivity index (χ3v) is 3.68. The van der Waals surface area contributed by atoms with Crippen molar-refractivity contribution in [3.63, 3.8) is 0 Å². The number of rotatable bonds is 2. The maximum absolute atomic E-state index is 12.1. The first kappa shape index (κ1) is 12.9. The fourth-order valence-electron chi connectivity index (χ4n) is 2.17. The first-order valence-electron chi connectivity index (χ1n) is 6.14. The number of nitrogens with one attached hydrogen (secondary N) is 1. The summed E-state index contributed by atoms with van der Waals surface area (Å²) in [4.78, 5) is 12.1. The van der Waals surface area contributed by atoms with E-state index in [1.807, 2.05) is 48.5 Å². The summed E-state index contributed by atoms with van der Waals surface area (Å²) >= 11 is 3.43. The SMILES string of the molecule is COc1ccc(C=C2C(=O)Nc3ccc(Br)cc32)cc1. The van der Waals surface area contributed by atoms with E-state index in [0.29, 0.717) is 5.57 Å². The van der Waals surface area contributed by atoms with E-state index in [0.717, 1.165) is 27.0 Å². The molecule has 0 bridgehead atoms. The molecule has 2 aromatic rings. The van der Waals surface area contributed by atoms with Gasteiger partial charge in [-0.05, 0) is 42.0 Å². The number of ether oxygens (including phenoxy) is 1. The molecule has 0 saturated heterocycles. The molecule has 1 N–H and O–H groups in total. The molecule has 0 unspecified atom stereocenters. The largest absolute Gasteiger partial charge is 0.497 e. The van der Waals surface area contributed by atoms with Crippen LogP contribution in [0.3, 0.4) is 0 Å². The maximum atomic E-state index is 12.1. The van der Waals surface area contributed by atoms with Gasteiger partial charge in [0.25, 0.3) is 5.91 Å². The molecule has 2 aromatic carbocycles. The van der Waals surface area contributed by atoms with Gasteiger partial charge in [-0.1, -0.05) is 28.1 Å². The van der Waals surface area contributed by atoms with Crippen molar-refractivity contribution in [1.29, 1.82) is 0 Å². The number of hydrogen-bond acceptors (Lipinski definition) is 2. The highest BCUT2D eigenvalue weighted by molar-refractivity contribution is 9.10. The zero-order valence-electron chi connectivity index (χ0n) is 10.8. The molecule has 1 aliphatic heterocycles. The van der Waals surface area contributed by atoms with Gasteiger partial charge >= 0.3 is 0 Å². The van der Waals surface area contributed by atoms with Crippen LogP contribution in [0.2, 0.25) is 0 Å². The first-order valence-corrected chi connectivity index (χ1v) is 6.94. The Kier molecular flexibility index (Phi) is 3.32. The number of carbonyl (C=O) groups is 1. The Morgan fingerprint density at radius 2 is 1.90 bits per heavy atom.